The molecule has 0 unspecified atom stereocenters. The van der Waals surface area contributed by atoms with E-state index in [1.54, 1.807) is 25.4 Å². The van der Waals surface area contributed by atoms with E-state index in [4.69, 9.17) is 20.8 Å². The zero-order chi connectivity index (χ0) is 18.5. The number of aromatic nitrogens is 1. The van der Waals surface area contributed by atoms with Crippen molar-refractivity contribution in [3.05, 3.63) is 65.1 Å². The summed E-state index contributed by atoms with van der Waals surface area (Å²) in [6, 6.07) is 13.0. The van der Waals surface area contributed by atoms with Gasteiger partial charge < -0.3 is 14.5 Å². The number of halogens is 1. The van der Waals surface area contributed by atoms with E-state index in [1.165, 1.54) is 0 Å². The van der Waals surface area contributed by atoms with Crippen LogP contribution in [0.2, 0.25) is 5.02 Å². The van der Waals surface area contributed by atoms with Gasteiger partial charge in [0.25, 0.3) is 0 Å². The predicted octanol–water partition coefficient (Wildman–Crippen LogP) is 4.88. The summed E-state index contributed by atoms with van der Waals surface area (Å²) < 4.78 is 11.0. The molecule has 0 aliphatic heterocycles. The molecule has 5 nitrogen and oxygen atoms in total. The average Bonchev–Trinajstić information content (AvgIpc) is 3.13. The van der Waals surface area contributed by atoms with Crippen LogP contribution in [-0.4, -0.2) is 18.0 Å². The average molecular weight is 371 g/mol. The number of nitrogens with one attached hydrogen (secondary N) is 1. The van der Waals surface area contributed by atoms with Crippen LogP contribution in [0.25, 0.3) is 11.3 Å². The number of nitrogens with zero attached hydrogens (tertiary/aromatic N) is 1. The molecule has 1 aromatic heterocycles. The number of hydrogen-bond acceptors (Lipinski definition) is 4. The molecule has 1 heterocycles. The fraction of sp³-hybridized carbons (Fsp3) is 0.200. The molecule has 2 aromatic carbocycles. The third kappa shape index (κ3) is 4.24. The van der Waals surface area contributed by atoms with Crippen LogP contribution in [-0.2, 0) is 11.2 Å². The van der Waals surface area contributed by atoms with E-state index in [0.29, 0.717) is 28.8 Å². The second-order valence-corrected chi connectivity index (χ2v) is 6.22. The van der Waals surface area contributed by atoms with Gasteiger partial charge in [0.1, 0.15) is 5.75 Å². The number of oxazole rings is 1. The molecule has 0 saturated carbocycles. The Bertz CT molecular complexity index is 921. The predicted molar refractivity (Wildman–Crippen MR) is 102 cm³/mol. The lowest BCUT2D eigenvalue weighted by molar-refractivity contribution is -0.116. The third-order valence-electron chi connectivity index (χ3n) is 4.02. The van der Waals surface area contributed by atoms with Crippen molar-refractivity contribution in [1.29, 1.82) is 0 Å². The molecule has 3 rings (SSSR count). The molecule has 0 atom stereocenters. The number of amides is 1. The number of hydrogen-bond donors (Lipinski definition) is 1. The highest BCUT2D eigenvalue weighted by Crippen LogP contribution is 2.25. The summed E-state index contributed by atoms with van der Waals surface area (Å²) in [5, 5.41) is 3.49. The van der Waals surface area contributed by atoms with Gasteiger partial charge in [0.05, 0.1) is 13.3 Å². The number of carbonyl (C=O) groups excluding carboxylic acids is 1. The Hall–Kier alpha value is -2.79. The van der Waals surface area contributed by atoms with E-state index in [2.05, 4.69) is 10.3 Å². The summed E-state index contributed by atoms with van der Waals surface area (Å²) in [6.45, 7) is 1.87. The van der Waals surface area contributed by atoms with Crippen LogP contribution in [0.15, 0.2) is 53.1 Å². The lowest BCUT2D eigenvalue weighted by atomic mass is 10.2. The summed E-state index contributed by atoms with van der Waals surface area (Å²) >= 11 is 6.07. The first-order valence-electron chi connectivity index (χ1n) is 8.21. The number of benzene rings is 2. The summed E-state index contributed by atoms with van der Waals surface area (Å²) in [5.41, 5.74) is 2.44. The van der Waals surface area contributed by atoms with Crippen LogP contribution in [0.4, 0.5) is 5.69 Å². The molecule has 0 radical (unpaired) electrons. The van der Waals surface area contributed by atoms with Crippen molar-refractivity contribution in [3.63, 3.8) is 0 Å². The van der Waals surface area contributed by atoms with E-state index in [0.717, 1.165) is 16.9 Å². The molecule has 1 amide bonds. The van der Waals surface area contributed by atoms with Crippen LogP contribution >= 0.6 is 11.6 Å². The molecule has 0 saturated heterocycles. The molecular formula is C20H19ClN2O3. The summed E-state index contributed by atoms with van der Waals surface area (Å²) in [4.78, 5) is 16.4. The number of methoxy groups -OCH3 is 1. The second kappa shape index (κ2) is 8.06. The van der Waals surface area contributed by atoms with Gasteiger partial charge in [0.2, 0.25) is 5.91 Å². The van der Waals surface area contributed by atoms with Crippen molar-refractivity contribution < 1.29 is 13.9 Å². The minimum Gasteiger partial charge on any atom is -0.497 e. The number of anilines is 1. The highest BCUT2D eigenvalue weighted by atomic mass is 35.5. The van der Waals surface area contributed by atoms with Crippen molar-refractivity contribution in [2.24, 2.45) is 0 Å². The normalized spacial score (nSPS) is 10.6. The van der Waals surface area contributed by atoms with E-state index in [1.807, 2.05) is 37.3 Å². The van der Waals surface area contributed by atoms with Crippen LogP contribution in [0.5, 0.6) is 5.75 Å². The molecule has 26 heavy (non-hydrogen) atoms. The van der Waals surface area contributed by atoms with E-state index < -0.39 is 0 Å². The highest BCUT2D eigenvalue weighted by molar-refractivity contribution is 6.31. The van der Waals surface area contributed by atoms with Gasteiger partial charge in [-0.1, -0.05) is 29.8 Å². The first kappa shape index (κ1) is 18.0. The molecule has 0 fully saturated rings. The Morgan fingerprint density at radius 3 is 2.88 bits per heavy atom. The molecule has 0 spiro atoms. The van der Waals surface area contributed by atoms with Crippen LogP contribution < -0.4 is 10.1 Å². The number of aryl methyl sites for hydroxylation is 1. The van der Waals surface area contributed by atoms with Gasteiger partial charge in [0.15, 0.2) is 11.7 Å². The molecule has 6 heteroatoms. The first-order valence-corrected chi connectivity index (χ1v) is 8.58. The molecule has 0 aliphatic carbocycles. The summed E-state index contributed by atoms with van der Waals surface area (Å²) in [7, 11) is 1.62. The molecular weight excluding hydrogens is 352 g/mol. The standard InChI is InChI=1S/C20H19ClN2O3/c1-13-16(21)7-4-8-17(13)23-19(24)9-10-20-22-12-18(26-20)14-5-3-6-15(11-14)25-2/h3-8,11-12H,9-10H2,1-2H3,(H,23,24). The van der Waals surface area contributed by atoms with E-state index in [9.17, 15) is 4.79 Å². The molecule has 0 bridgehead atoms. The van der Waals surface area contributed by atoms with Crippen molar-refractivity contribution in [3.8, 4) is 17.1 Å². The quantitative estimate of drug-likeness (QED) is 0.671. The summed E-state index contributed by atoms with van der Waals surface area (Å²) in [6.07, 6.45) is 2.34. The van der Waals surface area contributed by atoms with Crippen LogP contribution in [0.3, 0.4) is 0 Å². The Morgan fingerprint density at radius 1 is 1.27 bits per heavy atom. The zero-order valence-corrected chi connectivity index (χ0v) is 15.3. The monoisotopic (exact) mass is 370 g/mol. The second-order valence-electron chi connectivity index (χ2n) is 5.81. The SMILES string of the molecule is COc1cccc(-c2cnc(CCC(=O)Nc3cccc(Cl)c3C)o2)c1. The molecule has 134 valence electrons. The number of ether oxygens (including phenoxy) is 1. The highest BCUT2D eigenvalue weighted by Gasteiger charge is 2.11. The zero-order valence-electron chi connectivity index (χ0n) is 14.6. The van der Waals surface area contributed by atoms with Crippen molar-refractivity contribution in [2.45, 2.75) is 19.8 Å². The van der Waals surface area contributed by atoms with Gasteiger partial charge in [-0.25, -0.2) is 4.98 Å². The fourth-order valence-corrected chi connectivity index (χ4v) is 2.69. The maximum Gasteiger partial charge on any atom is 0.224 e. The van der Waals surface area contributed by atoms with Crippen molar-refractivity contribution in [1.82, 2.24) is 4.98 Å². The maximum atomic E-state index is 12.2. The first-order chi connectivity index (χ1) is 12.6. The minimum atomic E-state index is -0.114. The molecule has 1 N–H and O–H groups in total. The Labute approximate surface area is 157 Å². The van der Waals surface area contributed by atoms with E-state index in [-0.39, 0.29) is 12.3 Å². The van der Waals surface area contributed by atoms with Gasteiger partial charge >= 0.3 is 0 Å². The van der Waals surface area contributed by atoms with Gasteiger partial charge in [-0.2, -0.15) is 0 Å². The molecule has 0 aliphatic rings. The van der Waals surface area contributed by atoms with Gasteiger partial charge in [0, 0.05) is 29.1 Å². The minimum absolute atomic E-state index is 0.114. The lowest BCUT2D eigenvalue weighted by Gasteiger charge is -2.08. The Morgan fingerprint density at radius 2 is 2.08 bits per heavy atom. The summed E-state index contributed by atoms with van der Waals surface area (Å²) in [5.74, 6) is 1.79. The van der Waals surface area contributed by atoms with Crippen LogP contribution in [0.1, 0.15) is 17.9 Å². The van der Waals surface area contributed by atoms with E-state index >= 15 is 0 Å². The Balaban J connectivity index is 1.61. The molecule has 3 aromatic rings. The van der Waals surface area contributed by atoms with Gasteiger partial charge in [-0.15, -0.1) is 0 Å². The third-order valence-corrected chi connectivity index (χ3v) is 4.42. The van der Waals surface area contributed by atoms with Gasteiger partial charge in [-0.05, 0) is 36.8 Å². The van der Waals surface area contributed by atoms with Crippen molar-refractivity contribution in [2.75, 3.05) is 12.4 Å². The number of carbonyl (C=O) groups is 1. The lowest BCUT2D eigenvalue weighted by Crippen LogP contribution is -2.13. The Kier molecular flexibility index (Phi) is 5.58. The largest absolute Gasteiger partial charge is 0.497 e. The maximum absolute atomic E-state index is 12.2. The smallest absolute Gasteiger partial charge is 0.224 e. The number of rotatable bonds is 6. The topological polar surface area (TPSA) is 64.4 Å². The fourth-order valence-electron chi connectivity index (χ4n) is 2.51. The van der Waals surface area contributed by atoms with Gasteiger partial charge in [-0.3, -0.25) is 4.79 Å². The van der Waals surface area contributed by atoms with Crippen LogP contribution in [0, 0.1) is 6.92 Å². The van der Waals surface area contributed by atoms with Crippen molar-refractivity contribution >= 4 is 23.2 Å².